The van der Waals surface area contributed by atoms with Crippen LogP contribution >= 0.6 is 0 Å². The number of aliphatic hydroxyl groups excluding tert-OH is 1. The third kappa shape index (κ3) is 3.90. The highest BCUT2D eigenvalue weighted by molar-refractivity contribution is 5.23. The minimum atomic E-state index is -0.171. The van der Waals surface area contributed by atoms with Gasteiger partial charge in [0.2, 0.25) is 0 Å². The normalized spacial score (nSPS) is 14.6. The van der Waals surface area contributed by atoms with E-state index in [1.54, 1.807) is 12.1 Å². The number of hydrogen-bond acceptors (Lipinski definition) is 2. The second kappa shape index (κ2) is 6.37. The molecule has 0 aliphatic heterocycles. The van der Waals surface area contributed by atoms with Crippen LogP contribution in [0.25, 0.3) is 0 Å². The fourth-order valence-electron chi connectivity index (χ4n) is 2.61. The lowest BCUT2D eigenvalue weighted by molar-refractivity contribution is 0.245. The van der Waals surface area contributed by atoms with E-state index in [-0.39, 0.29) is 12.4 Å². The maximum Gasteiger partial charge on any atom is 0.123 e. The van der Waals surface area contributed by atoms with Crippen LogP contribution in [0.4, 0.5) is 4.39 Å². The minimum absolute atomic E-state index is 0.0793. The van der Waals surface area contributed by atoms with Gasteiger partial charge >= 0.3 is 0 Å². The minimum Gasteiger partial charge on any atom is -0.392 e. The van der Waals surface area contributed by atoms with Crippen molar-refractivity contribution < 1.29 is 9.50 Å². The molecule has 3 rings (SSSR count). The van der Waals surface area contributed by atoms with Crippen LogP contribution in [0.1, 0.15) is 29.5 Å². The van der Waals surface area contributed by atoms with Gasteiger partial charge in [0, 0.05) is 19.1 Å². The standard InChI is InChI=1S/C18H20FNO/c19-17-3-1-2-16(10-17)12-20(18-8-9-18)11-14-4-6-15(13-21)7-5-14/h1-7,10,18,21H,8-9,11-13H2. The molecule has 0 spiro atoms. The number of hydrogen-bond donors (Lipinski definition) is 1. The molecule has 1 fully saturated rings. The molecule has 2 nitrogen and oxygen atoms in total. The molecule has 0 heterocycles. The van der Waals surface area contributed by atoms with Crippen molar-refractivity contribution >= 4 is 0 Å². The van der Waals surface area contributed by atoms with Gasteiger partial charge < -0.3 is 5.11 Å². The summed E-state index contributed by atoms with van der Waals surface area (Å²) in [7, 11) is 0. The average Bonchev–Trinajstić information content (AvgIpc) is 3.32. The molecule has 2 aromatic rings. The topological polar surface area (TPSA) is 23.5 Å². The quantitative estimate of drug-likeness (QED) is 0.878. The Balaban J connectivity index is 1.69. The molecule has 1 saturated carbocycles. The lowest BCUT2D eigenvalue weighted by Crippen LogP contribution is -2.25. The Hall–Kier alpha value is -1.71. The van der Waals surface area contributed by atoms with E-state index in [0.29, 0.717) is 6.04 Å². The molecule has 0 saturated heterocycles. The first-order valence-electron chi connectivity index (χ1n) is 7.42. The summed E-state index contributed by atoms with van der Waals surface area (Å²) >= 11 is 0. The monoisotopic (exact) mass is 285 g/mol. The van der Waals surface area contributed by atoms with Crippen molar-refractivity contribution in [1.82, 2.24) is 4.90 Å². The summed E-state index contributed by atoms with van der Waals surface area (Å²) in [6.07, 6.45) is 2.45. The van der Waals surface area contributed by atoms with Crippen molar-refractivity contribution in [3.05, 3.63) is 71.0 Å². The Morgan fingerprint density at radius 3 is 2.24 bits per heavy atom. The first kappa shape index (κ1) is 14.2. The van der Waals surface area contributed by atoms with Crippen LogP contribution in [0, 0.1) is 5.82 Å². The molecular formula is C18H20FNO. The van der Waals surface area contributed by atoms with E-state index >= 15 is 0 Å². The SMILES string of the molecule is OCc1ccc(CN(Cc2cccc(F)c2)C2CC2)cc1. The Labute approximate surface area is 124 Å². The van der Waals surface area contributed by atoms with E-state index in [1.165, 1.54) is 24.5 Å². The van der Waals surface area contributed by atoms with Crippen LogP contribution in [-0.4, -0.2) is 16.0 Å². The fraction of sp³-hybridized carbons (Fsp3) is 0.333. The molecular weight excluding hydrogens is 265 g/mol. The molecule has 0 bridgehead atoms. The highest BCUT2D eigenvalue weighted by atomic mass is 19.1. The van der Waals surface area contributed by atoms with Crippen LogP contribution in [-0.2, 0) is 19.7 Å². The van der Waals surface area contributed by atoms with E-state index < -0.39 is 0 Å². The zero-order chi connectivity index (χ0) is 14.7. The second-order valence-electron chi connectivity index (χ2n) is 5.74. The molecule has 0 atom stereocenters. The van der Waals surface area contributed by atoms with Crippen LogP contribution in [0.3, 0.4) is 0 Å². The summed E-state index contributed by atoms with van der Waals surface area (Å²) in [6.45, 7) is 1.73. The van der Waals surface area contributed by atoms with Gasteiger partial charge in [-0.05, 0) is 41.7 Å². The van der Waals surface area contributed by atoms with Crippen molar-refractivity contribution in [2.75, 3.05) is 0 Å². The molecule has 0 unspecified atom stereocenters. The summed E-state index contributed by atoms with van der Waals surface area (Å²) in [5.41, 5.74) is 3.19. The Morgan fingerprint density at radius 1 is 0.952 bits per heavy atom. The van der Waals surface area contributed by atoms with Gasteiger partial charge in [0.15, 0.2) is 0 Å². The molecule has 3 heteroatoms. The second-order valence-corrected chi connectivity index (χ2v) is 5.74. The Morgan fingerprint density at radius 2 is 1.62 bits per heavy atom. The van der Waals surface area contributed by atoms with E-state index in [1.807, 2.05) is 18.2 Å². The molecule has 1 N–H and O–H groups in total. The van der Waals surface area contributed by atoms with E-state index in [0.717, 1.165) is 24.2 Å². The van der Waals surface area contributed by atoms with Crippen LogP contribution in [0.5, 0.6) is 0 Å². The molecule has 0 radical (unpaired) electrons. The summed E-state index contributed by atoms with van der Waals surface area (Å²) in [6, 6.07) is 15.5. The number of nitrogens with zero attached hydrogens (tertiary/aromatic N) is 1. The van der Waals surface area contributed by atoms with Gasteiger partial charge in [-0.15, -0.1) is 0 Å². The van der Waals surface area contributed by atoms with E-state index in [2.05, 4.69) is 17.0 Å². The molecule has 0 amide bonds. The van der Waals surface area contributed by atoms with Crippen LogP contribution < -0.4 is 0 Å². The summed E-state index contributed by atoms with van der Waals surface area (Å²) < 4.78 is 13.3. The number of benzene rings is 2. The first-order valence-corrected chi connectivity index (χ1v) is 7.42. The van der Waals surface area contributed by atoms with Gasteiger partial charge in [-0.25, -0.2) is 4.39 Å². The molecule has 110 valence electrons. The Bertz CT molecular complexity index is 592. The predicted molar refractivity (Wildman–Crippen MR) is 81.0 cm³/mol. The van der Waals surface area contributed by atoms with E-state index in [9.17, 15) is 4.39 Å². The van der Waals surface area contributed by atoms with Gasteiger partial charge in [0.1, 0.15) is 5.82 Å². The summed E-state index contributed by atoms with van der Waals surface area (Å²) in [5.74, 6) is -0.171. The first-order chi connectivity index (χ1) is 10.2. The number of halogens is 1. The molecule has 21 heavy (non-hydrogen) atoms. The Kier molecular flexibility index (Phi) is 4.32. The van der Waals surface area contributed by atoms with Crippen LogP contribution in [0.2, 0.25) is 0 Å². The van der Waals surface area contributed by atoms with Gasteiger partial charge in [-0.1, -0.05) is 36.4 Å². The zero-order valence-electron chi connectivity index (χ0n) is 12.0. The maximum atomic E-state index is 13.3. The number of aliphatic hydroxyl groups is 1. The third-order valence-corrected chi connectivity index (χ3v) is 3.93. The molecule has 1 aliphatic rings. The van der Waals surface area contributed by atoms with Gasteiger partial charge in [-0.2, -0.15) is 0 Å². The van der Waals surface area contributed by atoms with Crippen molar-refractivity contribution in [3.8, 4) is 0 Å². The predicted octanol–water partition coefficient (Wildman–Crippen LogP) is 3.48. The smallest absolute Gasteiger partial charge is 0.123 e. The number of rotatable bonds is 6. The van der Waals surface area contributed by atoms with Gasteiger partial charge in [-0.3, -0.25) is 4.90 Å². The molecule has 2 aromatic carbocycles. The van der Waals surface area contributed by atoms with Gasteiger partial charge in [0.05, 0.1) is 6.61 Å². The van der Waals surface area contributed by atoms with Crippen LogP contribution in [0.15, 0.2) is 48.5 Å². The lowest BCUT2D eigenvalue weighted by Gasteiger charge is -2.22. The van der Waals surface area contributed by atoms with Crippen molar-refractivity contribution in [2.45, 2.75) is 38.6 Å². The van der Waals surface area contributed by atoms with Crippen molar-refractivity contribution in [2.24, 2.45) is 0 Å². The molecule has 1 aliphatic carbocycles. The maximum absolute atomic E-state index is 13.3. The fourth-order valence-corrected chi connectivity index (χ4v) is 2.61. The van der Waals surface area contributed by atoms with E-state index in [4.69, 9.17) is 5.11 Å². The molecule has 0 aromatic heterocycles. The highest BCUT2D eigenvalue weighted by Gasteiger charge is 2.28. The van der Waals surface area contributed by atoms with Crippen molar-refractivity contribution in [3.63, 3.8) is 0 Å². The lowest BCUT2D eigenvalue weighted by atomic mass is 10.1. The largest absolute Gasteiger partial charge is 0.392 e. The highest BCUT2D eigenvalue weighted by Crippen LogP contribution is 2.30. The summed E-state index contributed by atoms with van der Waals surface area (Å²) in [5, 5.41) is 9.08. The summed E-state index contributed by atoms with van der Waals surface area (Å²) in [4.78, 5) is 2.41. The third-order valence-electron chi connectivity index (χ3n) is 3.93. The van der Waals surface area contributed by atoms with Crippen molar-refractivity contribution in [1.29, 1.82) is 0 Å². The zero-order valence-corrected chi connectivity index (χ0v) is 12.0. The average molecular weight is 285 g/mol. The van der Waals surface area contributed by atoms with Gasteiger partial charge in [0.25, 0.3) is 0 Å².